The average Bonchev–Trinajstić information content (AvgIpc) is 2.89. The zero-order valence-electron chi connectivity index (χ0n) is 12.7. The molecule has 0 spiro atoms. The van der Waals surface area contributed by atoms with E-state index in [4.69, 9.17) is 0 Å². The lowest BCUT2D eigenvalue weighted by molar-refractivity contribution is -0.152. The fourth-order valence-electron chi connectivity index (χ4n) is 3.95. The summed E-state index contributed by atoms with van der Waals surface area (Å²) in [5.41, 5.74) is 0.932. The number of carbonyl (C=O) groups is 1. The van der Waals surface area contributed by atoms with Gasteiger partial charge < -0.3 is 5.11 Å². The van der Waals surface area contributed by atoms with E-state index in [0.717, 1.165) is 44.4 Å². The van der Waals surface area contributed by atoms with E-state index in [-0.39, 0.29) is 0 Å². The minimum Gasteiger partial charge on any atom is -0.481 e. The van der Waals surface area contributed by atoms with Gasteiger partial charge in [-0.05, 0) is 56.1 Å². The summed E-state index contributed by atoms with van der Waals surface area (Å²) in [4.78, 5) is 13.3. The molecule has 0 aromatic heterocycles. The minimum atomic E-state index is -0.561. The molecule has 1 unspecified atom stereocenters. The molecule has 3 heteroatoms. The molecule has 0 radical (unpaired) electrons. The molecule has 1 aromatic carbocycles. The molecule has 21 heavy (non-hydrogen) atoms. The number of rotatable bonds is 4. The number of hydrogen-bond donors (Lipinski definition) is 1. The highest BCUT2D eigenvalue weighted by atomic mass is 32.2. The van der Waals surface area contributed by atoms with Crippen LogP contribution in [0.4, 0.5) is 0 Å². The van der Waals surface area contributed by atoms with Gasteiger partial charge in [0.1, 0.15) is 0 Å². The number of carboxylic acids is 1. The van der Waals surface area contributed by atoms with Crippen LogP contribution in [0, 0.1) is 11.3 Å². The third-order valence-electron chi connectivity index (χ3n) is 5.43. The molecule has 0 bridgehead atoms. The summed E-state index contributed by atoms with van der Waals surface area (Å²) in [6, 6.07) is 8.51. The predicted octanol–water partition coefficient (Wildman–Crippen LogP) is 4.76. The Morgan fingerprint density at radius 2 is 2.05 bits per heavy atom. The van der Waals surface area contributed by atoms with Gasteiger partial charge in [0, 0.05) is 10.1 Å². The monoisotopic (exact) mass is 304 g/mol. The summed E-state index contributed by atoms with van der Waals surface area (Å²) >= 11 is 1.89. The van der Waals surface area contributed by atoms with E-state index in [1.54, 1.807) is 0 Å². The molecule has 0 amide bonds. The van der Waals surface area contributed by atoms with Crippen molar-refractivity contribution in [2.24, 2.45) is 11.3 Å². The van der Waals surface area contributed by atoms with Gasteiger partial charge in [0.2, 0.25) is 0 Å². The summed E-state index contributed by atoms with van der Waals surface area (Å²) in [6.45, 7) is 2.22. The number of thioether (sulfide) groups is 1. The zero-order chi connectivity index (χ0) is 14.9. The van der Waals surface area contributed by atoms with Gasteiger partial charge in [-0.25, -0.2) is 0 Å². The van der Waals surface area contributed by atoms with E-state index in [1.165, 1.54) is 16.9 Å². The van der Waals surface area contributed by atoms with Crippen molar-refractivity contribution < 1.29 is 9.90 Å². The Kier molecular flexibility index (Phi) is 4.30. The van der Waals surface area contributed by atoms with Crippen LogP contribution in [-0.2, 0) is 11.2 Å². The molecule has 1 aromatic rings. The summed E-state index contributed by atoms with van der Waals surface area (Å²) in [5.74, 6) is 0.180. The fourth-order valence-corrected chi connectivity index (χ4v) is 5.43. The molecule has 2 aliphatic rings. The highest BCUT2D eigenvalue weighted by Crippen LogP contribution is 2.48. The molecule has 1 saturated carbocycles. The van der Waals surface area contributed by atoms with Crippen molar-refractivity contribution in [3.63, 3.8) is 0 Å². The van der Waals surface area contributed by atoms with Crippen LogP contribution in [0.15, 0.2) is 29.2 Å². The quantitative estimate of drug-likeness (QED) is 0.871. The summed E-state index contributed by atoms with van der Waals surface area (Å²) in [5, 5.41) is 10.3. The van der Waals surface area contributed by atoms with E-state index in [1.807, 2.05) is 11.8 Å². The van der Waals surface area contributed by atoms with Crippen LogP contribution in [0.2, 0.25) is 0 Å². The first-order valence-electron chi connectivity index (χ1n) is 8.11. The number of hydrogen-bond acceptors (Lipinski definition) is 2. The molecule has 1 heterocycles. The van der Waals surface area contributed by atoms with E-state index in [0.29, 0.717) is 5.25 Å². The lowest BCUT2D eigenvalue weighted by Gasteiger charge is -2.38. The summed E-state index contributed by atoms with van der Waals surface area (Å²) < 4.78 is 0. The lowest BCUT2D eigenvalue weighted by atomic mass is 9.67. The highest BCUT2D eigenvalue weighted by molar-refractivity contribution is 8.00. The van der Waals surface area contributed by atoms with Gasteiger partial charge in [0.15, 0.2) is 0 Å². The van der Waals surface area contributed by atoms with E-state index < -0.39 is 11.4 Å². The largest absolute Gasteiger partial charge is 0.481 e. The standard InChI is InChI=1S/C18H24O2S/c1-2-13-7-9-18(10-8-13,17(19)20)12-15-11-14-5-3-4-6-16(14)21-15/h3-6,13,15H,2,7-12H2,1H3,(H,19,20). The average molecular weight is 304 g/mol. The van der Waals surface area contributed by atoms with Crippen LogP contribution < -0.4 is 0 Å². The normalized spacial score (nSPS) is 31.9. The lowest BCUT2D eigenvalue weighted by Crippen LogP contribution is -2.37. The highest BCUT2D eigenvalue weighted by Gasteiger charge is 2.44. The van der Waals surface area contributed by atoms with Gasteiger partial charge >= 0.3 is 5.97 Å². The smallest absolute Gasteiger partial charge is 0.309 e. The SMILES string of the molecule is CCC1CCC(CC2Cc3ccccc3S2)(C(=O)O)CC1. The number of benzene rings is 1. The van der Waals surface area contributed by atoms with Gasteiger partial charge in [0.25, 0.3) is 0 Å². The first kappa shape index (κ1) is 15.0. The van der Waals surface area contributed by atoms with Gasteiger partial charge in [-0.15, -0.1) is 11.8 Å². The van der Waals surface area contributed by atoms with Crippen molar-refractivity contribution in [1.29, 1.82) is 0 Å². The molecule has 0 saturated heterocycles. The van der Waals surface area contributed by atoms with E-state index >= 15 is 0 Å². The number of carboxylic acid groups (broad SMARTS) is 1. The van der Waals surface area contributed by atoms with Crippen molar-refractivity contribution in [3.8, 4) is 0 Å². The van der Waals surface area contributed by atoms with Crippen molar-refractivity contribution in [2.45, 2.75) is 62.0 Å². The van der Waals surface area contributed by atoms with E-state index in [9.17, 15) is 9.90 Å². The maximum Gasteiger partial charge on any atom is 0.309 e. The second-order valence-electron chi connectivity index (χ2n) is 6.69. The molecule has 2 nitrogen and oxygen atoms in total. The second-order valence-corrected chi connectivity index (χ2v) is 8.04. The maximum absolute atomic E-state index is 11.9. The maximum atomic E-state index is 11.9. The molecule has 1 N–H and O–H groups in total. The Morgan fingerprint density at radius 1 is 1.33 bits per heavy atom. The molecular weight excluding hydrogens is 280 g/mol. The third kappa shape index (κ3) is 2.98. The Labute approximate surface area is 131 Å². The summed E-state index contributed by atoms with van der Waals surface area (Å²) in [7, 11) is 0. The van der Waals surface area contributed by atoms with E-state index in [2.05, 4.69) is 31.2 Å². The summed E-state index contributed by atoms with van der Waals surface area (Å²) in [6.07, 6.45) is 6.98. The Balaban J connectivity index is 1.69. The first-order chi connectivity index (χ1) is 10.1. The molecule has 3 rings (SSSR count). The van der Waals surface area contributed by atoms with Gasteiger partial charge in [-0.2, -0.15) is 0 Å². The van der Waals surface area contributed by atoms with Crippen molar-refractivity contribution in [1.82, 2.24) is 0 Å². The second kappa shape index (κ2) is 6.04. The van der Waals surface area contributed by atoms with Gasteiger partial charge in [-0.1, -0.05) is 31.5 Å². The van der Waals surface area contributed by atoms with Crippen molar-refractivity contribution >= 4 is 17.7 Å². The van der Waals surface area contributed by atoms with Crippen LogP contribution in [0.25, 0.3) is 0 Å². The van der Waals surface area contributed by atoms with Crippen LogP contribution in [-0.4, -0.2) is 16.3 Å². The number of aliphatic carboxylic acids is 1. The molecule has 1 aliphatic heterocycles. The molecule has 1 fully saturated rings. The Bertz CT molecular complexity index is 493. The molecule has 1 aliphatic carbocycles. The number of fused-ring (bicyclic) bond motifs is 1. The van der Waals surface area contributed by atoms with Crippen LogP contribution in [0.1, 0.15) is 51.0 Å². The first-order valence-corrected chi connectivity index (χ1v) is 8.99. The zero-order valence-corrected chi connectivity index (χ0v) is 13.5. The van der Waals surface area contributed by atoms with Gasteiger partial charge in [0.05, 0.1) is 5.41 Å². The van der Waals surface area contributed by atoms with Gasteiger partial charge in [-0.3, -0.25) is 4.79 Å². The Morgan fingerprint density at radius 3 is 2.67 bits per heavy atom. The predicted molar refractivity (Wildman–Crippen MR) is 86.7 cm³/mol. The minimum absolute atomic E-state index is 0.441. The third-order valence-corrected chi connectivity index (χ3v) is 6.74. The van der Waals surface area contributed by atoms with Crippen LogP contribution >= 0.6 is 11.8 Å². The van der Waals surface area contributed by atoms with Crippen molar-refractivity contribution in [2.75, 3.05) is 0 Å². The topological polar surface area (TPSA) is 37.3 Å². The molecule has 1 atom stereocenters. The van der Waals surface area contributed by atoms with Crippen LogP contribution in [0.3, 0.4) is 0 Å². The Hall–Kier alpha value is -0.960. The molecule has 114 valence electrons. The van der Waals surface area contributed by atoms with Crippen molar-refractivity contribution in [3.05, 3.63) is 29.8 Å². The molecular formula is C18H24O2S. The van der Waals surface area contributed by atoms with Crippen LogP contribution in [0.5, 0.6) is 0 Å². The fraction of sp³-hybridized carbons (Fsp3) is 0.611.